The van der Waals surface area contributed by atoms with Gasteiger partial charge in [0.15, 0.2) is 0 Å². The van der Waals surface area contributed by atoms with Crippen molar-refractivity contribution in [2.75, 3.05) is 46.4 Å². The first-order chi connectivity index (χ1) is 9.24. The summed E-state index contributed by atoms with van der Waals surface area (Å²) in [7, 11) is 2.26. The third kappa shape index (κ3) is 5.41. The lowest BCUT2D eigenvalue weighted by atomic mass is 9.75. The van der Waals surface area contributed by atoms with Gasteiger partial charge in [-0.05, 0) is 63.6 Å². The topological polar surface area (TPSA) is 24.5 Å². The summed E-state index contributed by atoms with van der Waals surface area (Å²) in [5.74, 6) is 0.890. The van der Waals surface area contributed by atoms with E-state index in [0.717, 1.165) is 25.7 Å². The molecule has 1 aliphatic carbocycles. The van der Waals surface area contributed by atoms with Crippen molar-refractivity contribution in [2.24, 2.45) is 11.3 Å². The van der Waals surface area contributed by atoms with Crippen molar-refractivity contribution in [3.63, 3.8) is 0 Å². The number of nitrogens with one attached hydrogen (secondary N) is 1. The predicted octanol–water partition coefficient (Wildman–Crippen LogP) is 2.51. The van der Waals surface area contributed by atoms with Crippen LogP contribution in [0.25, 0.3) is 0 Å². The quantitative estimate of drug-likeness (QED) is 0.650. The van der Waals surface area contributed by atoms with Crippen molar-refractivity contribution in [1.29, 1.82) is 0 Å². The number of hydrogen-bond acceptors (Lipinski definition) is 3. The van der Waals surface area contributed by atoms with Crippen molar-refractivity contribution in [3.05, 3.63) is 0 Å². The van der Waals surface area contributed by atoms with Crippen LogP contribution in [0.5, 0.6) is 0 Å². The zero-order valence-electron chi connectivity index (χ0n) is 12.9. The Morgan fingerprint density at radius 1 is 1.26 bits per heavy atom. The Morgan fingerprint density at radius 3 is 2.63 bits per heavy atom. The molecule has 2 aliphatic rings. The van der Waals surface area contributed by atoms with Crippen molar-refractivity contribution in [2.45, 2.75) is 45.4 Å². The fraction of sp³-hybridized carbons (Fsp3) is 1.00. The van der Waals surface area contributed by atoms with E-state index in [-0.39, 0.29) is 0 Å². The van der Waals surface area contributed by atoms with Gasteiger partial charge in [0.1, 0.15) is 0 Å². The minimum atomic E-state index is 0.561. The molecular formula is C16H32N2O. The Balaban J connectivity index is 1.66. The van der Waals surface area contributed by atoms with Crippen LogP contribution in [0.15, 0.2) is 0 Å². The van der Waals surface area contributed by atoms with E-state index in [1.807, 2.05) is 0 Å². The molecule has 0 bridgehead atoms. The lowest BCUT2D eigenvalue weighted by molar-refractivity contribution is 0.0719. The normalized spacial score (nSPS) is 22.9. The maximum atomic E-state index is 5.76. The molecule has 1 saturated carbocycles. The monoisotopic (exact) mass is 268 g/mol. The number of likely N-dealkylation sites (N-methyl/N-ethyl adjacent to an activating group) is 1. The van der Waals surface area contributed by atoms with Gasteiger partial charge < -0.3 is 15.0 Å². The van der Waals surface area contributed by atoms with Crippen LogP contribution in [0.1, 0.15) is 45.4 Å². The van der Waals surface area contributed by atoms with Crippen LogP contribution < -0.4 is 5.32 Å². The molecule has 2 rings (SSSR count). The van der Waals surface area contributed by atoms with Gasteiger partial charge in [0.05, 0.1) is 6.61 Å². The molecule has 3 nitrogen and oxygen atoms in total. The van der Waals surface area contributed by atoms with E-state index >= 15 is 0 Å². The summed E-state index contributed by atoms with van der Waals surface area (Å²) in [5.41, 5.74) is 0.561. The Bertz CT molecular complexity index is 242. The summed E-state index contributed by atoms with van der Waals surface area (Å²) in [6.07, 6.45) is 8.15. The SMILES string of the molecule is CCCC1(CN(C)CCOCC2CC2)CCNCC1. The van der Waals surface area contributed by atoms with Gasteiger partial charge in [-0.25, -0.2) is 0 Å². The molecule has 0 spiro atoms. The molecule has 2 fully saturated rings. The molecule has 1 saturated heterocycles. The minimum absolute atomic E-state index is 0.561. The average molecular weight is 268 g/mol. The summed E-state index contributed by atoms with van der Waals surface area (Å²) in [4.78, 5) is 2.49. The minimum Gasteiger partial charge on any atom is -0.380 e. The Hall–Kier alpha value is -0.120. The first-order valence-electron chi connectivity index (χ1n) is 8.21. The first-order valence-corrected chi connectivity index (χ1v) is 8.21. The van der Waals surface area contributed by atoms with E-state index in [4.69, 9.17) is 4.74 Å². The van der Waals surface area contributed by atoms with Gasteiger partial charge in [0, 0.05) is 19.7 Å². The van der Waals surface area contributed by atoms with E-state index in [0.29, 0.717) is 5.41 Å². The predicted molar refractivity (Wildman–Crippen MR) is 80.5 cm³/mol. The van der Waals surface area contributed by atoms with Gasteiger partial charge in [-0.1, -0.05) is 13.3 Å². The standard InChI is InChI=1S/C16H32N2O/c1-3-6-16(7-9-17-10-8-16)14-18(2)11-12-19-13-15-4-5-15/h15,17H,3-14H2,1-2H3. The zero-order valence-corrected chi connectivity index (χ0v) is 12.9. The van der Waals surface area contributed by atoms with E-state index in [1.165, 1.54) is 58.2 Å². The highest BCUT2D eigenvalue weighted by Gasteiger charge is 2.32. The second-order valence-electron chi connectivity index (χ2n) is 6.76. The van der Waals surface area contributed by atoms with Gasteiger partial charge in [0.2, 0.25) is 0 Å². The fourth-order valence-electron chi connectivity index (χ4n) is 3.38. The molecule has 0 aromatic rings. The maximum absolute atomic E-state index is 5.76. The maximum Gasteiger partial charge on any atom is 0.0593 e. The van der Waals surface area contributed by atoms with Crippen molar-refractivity contribution in [1.82, 2.24) is 10.2 Å². The molecule has 0 atom stereocenters. The van der Waals surface area contributed by atoms with Gasteiger partial charge in [-0.15, -0.1) is 0 Å². The van der Waals surface area contributed by atoms with Gasteiger partial charge >= 0.3 is 0 Å². The lowest BCUT2D eigenvalue weighted by Crippen LogP contribution is -2.44. The molecule has 0 radical (unpaired) electrons. The summed E-state index contributed by atoms with van der Waals surface area (Å²) in [5, 5.41) is 3.50. The third-order valence-corrected chi connectivity index (χ3v) is 4.72. The molecule has 0 unspecified atom stereocenters. The molecule has 1 heterocycles. The van der Waals surface area contributed by atoms with E-state index in [1.54, 1.807) is 0 Å². The molecule has 0 aromatic carbocycles. The second kappa shape index (κ2) is 7.61. The number of piperidine rings is 1. The van der Waals surface area contributed by atoms with E-state index in [2.05, 4.69) is 24.2 Å². The van der Waals surface area contributed by atoms with Crippen LogP contribution in [0.4, 0.5) is 0 Å². The lowest BCUT2D eigenvalue weighted by Gasteiger charge is -2.40. The zero-order chi connectivity index (χ0) is 13.6. The number of rotatable bonds is 9. The molecule has 0 aromatic heterocycles. The molecule has 1 aliphatic heterocycles. The van der Waals surface area contributed by atoms with Crippen molar-refractivity contribution >= 4 is 0 Å². The third-order valence-electron chi connectivity index (χ3n) is 4.72. The largest absolute Gasteiger partial charge is 0.380 e. The van der Waals surface area contributed by atoms with Crippen LogP contribution in [0.2, 0.25) is 0 Å². The fourth-order valence-corrected chi connectivity index (χ4v) is 3.38. The number of ether oxygens (including phenoxy) is 1. The first kappa shape index (κ1) is 15.3. The molecule has 112 valence electrons. The second-order valence-corrected chi connectivity index (χ2v) is 6.76. The average Bonchev–Trinajstić information content (AvgIpc) is 3.20. The molecular weight excluding hydrogens is 236 g/mol. The van der Waals surface area contributed by atoms with Crippen LogP contribution in [-0.2, 0) is 4.74 Å². The van der Waals surface area contributed by atoms with Gasteiger partial charge in [-0.3, -0.25) is 0 Å². The van der Waals surface area contributed by atoms with Gasteiger partial charge in [-0.2, -0.15) is 0 Å². The van der Waals surface area contributed by atoms with E-state index in [9.17, 15) is 0 Å². The molecule has 1 N–H and O–H groups in total. The highest BCUT2D eigenvalue weighted by atomic mass is 16.5. The van der Waals surface area contributed by atoms with Crippen molar-refractivity contribution in [3.8, 4) is 0 Å². The Morgan fingerprint density at radius 2 is 2.00 bits per heavy atom. The molecule has 3 heteroatoms. The Kier molecular flexibility index (Phi) is 6.11. The summed E-state index contributed by atoms with van der Waals surface area (Å²) in [6.45, 7) is 8.97. The summed E-state index contributed by atoms with van der Waals surface area (Å²) in [6, 6.07) is 0. The van der Waals surface area contributed by atoms with E-state index < -0.39 is 0 Å². The van der Waals surface area contributed by atoms with Crippen molar-refractivity contribution < 1.29 is 4.74 Å². The van der Waals surface area contributed by atoms with Crippen LogP contribution in [0, 0.1) is 11.3 Å². The number of nitrogens with zero attached hydrogens (tertiary/aromatic N) is 1. The highest BCUT2D eigenvalue weighted by molar-refractivity contribution is 4.86. The van der Waals surface area contributed by atoms with Gasteiger partial charge in [0.25, 0.3) is 0 Å². The molecule has 0 amide bonds. The van der Waals surface area contributed by atoms with Crippen LogP contribution in [-0.4, -0.2) is 51.3 Å². The number of hydrogen-bond donors (Lipinski definition) is 1. The Labute approximate surface area is 119 Å². The van der Waals surface area contributed by atoms with Crippen LogP contribution in [0.3, 0.4) is 0 Å². The smallest absolute Gasteiger partial charge is 0.0593 e. The summed E-state index contributed by atoms with van der Waals surface area (Å²) >= 11 is 0. The van der Waals surface area contributed by atoms with Crippen LogP contribution >= 0.6 is 0 Å². The summed E-state index contributed by atoms with van der Waals surface area (Å²) < 4.78 is 5.76. The molecule has 19 heavy (non-hydrogen) atoms. The highest BCUT2D eigenvalue weighted by Crippen LogP contribution is 2.34.